The predicted octanol–water partition coefficient (Wildman–Crippen LogP) is 1.01. The minimum Gasteiger partial charge on any atom is -0.368 e. The lowest BCUT2D eigenvalue weighted by Crippen LogP contribution is -2.17. The van der Waals surface area contributed by atoms with Gasteiger partial charge in [0.2, 0.25) is 20.3 Å². The number of nitrogens with zero attached hydrogens (tertiary/aromatic N) is 6. The van der Waals surface area contributed by atoms with E-state index in [1.807, 2.05) is 7.05 Å². The summed E-state index contributed by atoms with van der Waals surface area (Å²) in [5.41, 5.74) is 7.36. The maximum absolute atomic E-state index is 5.29. The summed E-state index contributed by atoms with van der Waals surface area (Å²) in [6, 6.07) is 0. The number of hydrazine groups is 1. The van der Waals surface area contributed by atoms with Crippen LogP contribution in [0.5, 0.6) is 0 Å². The Morgan fingerprint density at radius 1 is 0.943 bits per heavy atom. The van der Waals surface area contributed by atoms with Gasteiger partial charge in [0, 0.05) is 19.4 Å². The number of aromatic nitrogens is 14. The van der Waals surface area contributed by atoms with E-state index in [0.29, 0.717) is 35.8 Å². The molecule has 0 spiro atoms. The average molecular weight is 579 g/mol. The molecule has 18 nitrogen and oxygen atoms in total. The summed E-state index contributed by atoms with van der Waals surface area (Å²) in [5.74, 6) is 10.9. The Morgan fingerprint density at radius 2 is 1.63 bits per heavy atom. The highest BCUT2D eigenvalue weighted by Gasteiger charge is 1.96. The first kappa shape index (κ1) is 29.3. The minimum atomic E-state index is 0.306. The van der Waals surface area contributed by atoms with E-state index in [1.54, 1.807) is 23.3 Å². The number of aromatic amines is 8. The molecule has 0 bridgehead atoms. The fraction of sp³-hybridized carbons (Fsp3) is 0.0833. The third kappa shape index (κ3) is 12.3. The summed E-state index contributed by atoms with van der Waals surface area (Å²) in [6.45, 7) is 0. The number of nitrogens with one attached hydrogen (secondary N) is 9. The van der Waals surface area contributed by atoms with Crippen molar-refractivity contribution in [3.63, 3.8) is 0 Å². The van der Waals surface area contributed by atoms with Gasteiger partial charge in [-0.2, -0.15) is 10.1 Å². The monoisotopic (exact) mass is 578 g/mol. The Labute approximate surface area is 221 Å². The van der Waals surface area contributed by atoms with Crippen LogP contribution in [0.3, 0.4) is 0 Å². The van der Waals surface area contributed by atoms with E-state index in [4.69, 9.17) is 29.6 Å². The van der Waals surface area contributed by atoms with Gasteiger partial charge in [-0.1, -0.05) is 0 Å². The van der Waals surface area contributed by atoms with Gasteiger partial charge >= 0.3 is 0 Å². The zero-order valence-electron chi connectivity index (χ0n) is 17.8. The van der Waals surface area contributed by atoms with Crippen LogP contribution in [0.25, 0.3) is 0 Å². The van der Waals surface area contributed by atoms with Gasteiger partial charge in [-0.3, -0.25) is 30.9 Å². The first-order valence-electron chi connectivity index (χ1n) is 8.79. The van der Waals surface area contributed by atoms with Crippen LogP contribution >= 0.6 is 61.1 Å². The number of imidazole rings is 1. The van der Waals surface area contributed by atoms with E-state index in [9.17, 15) is 0 Å². The number of rotatable bonds is 1. The van der Waals surface area contributed by atoms with Crippen molar-refractivity contribution in [2.45, 2.75) is 0 Å². The second-order valence-electron chi connectivity index (χ2n) is 5.48. The molecular formula is C12H22N18S5. The molecule has 0 atom stereocenters. The first-order chi connectivity index (χ1) is 16.6. The van der Waals surface area contributed by atoms with Crippen LogP contribution in [-0.4, -0.2) is 70.0 Å². The van der Waals surface area contributed by atoms with Gasteiger partial charge in [0.1, 0.15) is 12.7 Å². The lowest BCUT2D eigenvalue weighted by molar-refractivity contribution is 0.893. The molecule has 5 aromatic heterocycles. The van der Waals surface area contributed by atoms with Crippen molar-refractivity contribution >= 4 is 73.0 Å². The van der Waals surface area contributed by atoms with Crippen molar-refractivity contribution in [2.75, 3.05) is 17.0 Å². The van der Waals surface area contributed by atoms with Crippen molar-refractivity contribution in [2.24, 2.45) is 12.9 Å². The molecule has 0 aliphatic heterocycles. The summed E-state index contributed by atoms with van der Waals surface area (Å²) in [7, 11) is 1.84. The van der Waals surface area contributed by atoms with E-state index in [1.165, 1.54) is 6.33 Å². The Balaban J connectivity index is 0.000000220. The molecule has 23 heteroatoms. The van der Waals surface area contributed by atoms with E-state index in [-0.39, 0.29) is 0 Å². The van der Waals surface area contributed by atoms with Crippen LogP contribution in [0.15, 0.2) is 25.0 Å². The third-order valence-electron chi connectivity index (χ3n) is 3.00. The predicted molar refractivity (Wildman–Crippen MR) is 142 cm³/mol. The summed E-state index contributed by atoms with van der Waals surface area (Å²) in [6.07, 6.45) is 6.63. The SMILES string of the molecule is Cn1cn[nH]c1=S.NNc1n[nH]c(=S)n1N.Nc1nc(=S)[nH][nH]1.S=c1[nH]cc[nH]1.S=c1nc[nH][nH]1. The van der Waals surface area contributed by atoms with Gasteiger partial charge in [-0.15, -0.1) is 5.10 Å². The zero-order valence-corrected chi connectivity index (χ0v) is 21.8. The Bertz CT molecular complexity index is 1420. The van der Waals surface area contributed by atoms with Gasteiger partial charge in [-0.05, 0) is 61.1 Å². The van der Waals surface area contributed by atoms with Crippen molar-refractivity contribution in [3.8, 4) is 0 Å². The second kappa shape index (κ2) is 16.0. The van der Waals surface area contributed by atoms with Gasteiger partial charge in [0.15, 0.2) is 9.54 Å². The van der Waals surface area contributed by atoms with Gasteiger partial charge in [0.05, 0.1) is 0 Å². The highest BCUT2D eigenvalue weighted by atomic mass is 32.1. The van der Waals surface area contributed by atoms with Crippen molar-refractivity contribution in [1.82, 2.24) is 70.0 Å². The Morgan fingerprint density at radius 3 is 1.80 bits per heavy atom. The maximum atomic E-state index is 5.29. The fourth-order valence-electron chi connectivity index (χ4n) is 1.48. The number of hydrogen-bond acceptors (Lipinski definition) is 13. The molecule has 15 N–H and O–H groups in total. The normalized spacial score (nSPS) is 9.09. The molecule has 0 aromatic carbocycles. The molecule has 0 unspecified atom stereocenters. The molecule has 5 heterocycles. The average Bonchev–Trinajstić information content (AvgIpc) is 3.66. The standard InChI is InChI=1S/C3H5N3S.C3H4N2S.C2H6N6S.C2H4N4S.C2H3N3S/c1-6-2-4-5-3(6)7;6-3-4-1-2-5-3;3-5-1-6-7-2(9)8(1)4;3-1-4-2(7)6-5-1;6-2-3-1-4-5-2/h2H,1H3,(H,5,7);1-2H,(H2,4,5,6);3-4H2,(H,5,6)(H,7,9);(H4,3,4,5,6,7);1H,(H2,3,4,5,6). The topological polar surface area (TPSA) is 278 Å². The molecule has 5 rings (SSSR count). The number of nitrogen functional groups attached to an aromatic ring is 3. The van der Waals surface area contributed by atoms with Gasteiger partial charge in [0.25, 0.3) is 5.95 Å². The highest BCUT2D eigenvalue weighted by molar-refractivity contribution is 7.72. The summed E-state index contributed by atoms with van der Waals surface area (Å²) < 4.78 is 5.40. The van der Waals surface area contributed by atoms with Crippen LogP contribution in [0.2, 0.25) is 0 Å². The van der Waals surface area contributed by atoms with Crippen molar-refractivity contribution in [3.05, 3.63) is 48.9 Å². The Hall–Kier alpha value is -3.77. The van der Waals surface area contributed by atoms with Crippen LogP contribution < -0.4 is 22.8 Å². The molecule has 0 saturated carbocycles. The molecule has 190 valence electrons. The molecule has 0 aliphatic rings. The second-order valence-corrected chi connectivity index (χ2v) is 7.43. The van der Waals surface area contributed by atoms with Crippen molar-refractivity contribution in [1.29, 1.82) is 0 Å². The number of nitrogens with two attached hydrogens (primary N) is 3. The molecule has 0 fully saturated rings. The highest BCUT2D eigenvalue weighted by Crippen LogP contribution is 1.93. The minimum absolute atomic E-state index is 0.306. The largest absolute Gasteiger partial charge is 0.368 e. The first-order valence-corrected chi connectivity index (χ1v) is 10.8. The third-order valence-corrected chi connectivity index (χ3v) is 4.31. The van der Waals surface area contributed by atoms with Crippen LogP contribution in [0.4, 0.5) is 11.9 Å². The van der Waals surface area contributed by atoms with Crippen LogP contribution in [0.1, 0.15) is 0 Å². The van der Waals surface area contributed by atoms with Crippen molar-refractivity contribution < 1.29 is 0 Å². The van der Waals surface area contributed by atoms with E-state index in [0.717, 1.165) is 4.68 Å². The lowest BCUT2D eigenvalue weighted by atomic mass is 11.0. The molecule has 0 amide bonds. The molecule has 0 radical (unpaired) electrons. The lowest BCUT2D eigenvalue weighted by Gasteiger charge is -1.94. The van der Waals surface area contributed by atoms with Gasteiger partial charge in [-0.25, -0.2) is 20.6 Å². The fourth-order valence-corrected chi connectivity index (χ4v) is 2.11. The van der Waals surface area contributed by atoms with Crippen LogP contribution in [0, 0.1) is 23.9 Å². The summed E-state index contributed by atoms with van der Waals surface area (Å²) >= 11 is 23.1. The molecule has 0 saturated heterocycles. The van der Waals surface area contributed by atoms with Gasteiger partial charge < -0.3 is 26.1 Å². The van der Waals surface area contributed by atoms with E-state index < -0.39 is 0 Å². The molecule has 0 aliphatic carbocycles. The number of hydrogen-bond donors (Lipinski definition) is 12. The zero-order chi connectivity index (χ0) is 26.2. The van der Waals surface area contributed by atoms with E-state index >= 15 is 0 Å². The molecular weight excluding hydrogens is 557 g/mol. The number of H-pyrrole nitrogens is 8. The number of anilines is 2. The summed E-state index contributed by atoms with van der Waals surface area (Å²) in [5, 5.41) is 22.5. The number of aryl methyl sites for hydroxylation is 1. The Kier molecular flexibility index (Phi) is 13.3. The molecule has 35 heavy (non-hydrogen) atoms. The summed E-state index contributed by atoms with van der Waals surface area (Å²) in [4.78, 5) is 12.7. The quantitative estimate of drug-likeness (QED) is 0.0752. The molecule has 5 aromatic rings. The van der Waals surface area contributed by atoms with E-state index in [2.05, 4.69) is 115 Å². The van der Waals surface area contributed by atoms with Crippen LogP contribution in [-0.2, 0) is 7.05 Å². The smallest absolute Gasteiger partial charge is 0.256 e. The maximum Gasteiger partial charge on any atom is 0.256 e.